The molecule has 0 heterocycles. The largest absolute Gasteiger partial charge is 0.442 e. The second-order valence-corrected chi connectivity index (χ2v) is 6.33. The number of rotatable bonds is 4. The summed E-state index contributed by atoms with van der Waals surface area (Å²) >= 11 is 0. The Bertz CT molecular complexity index is 325. The summed E-state index contributed by atoms with van der Waals surface area (Å²) in [5, 5.41) is 1.77. The minimum atomic E-state index is -0.661. The van der Waals surface area contributed by atoms with E-state index in [4.69, 9.17) is 19.1 Å². The maximum absolute atomic E-state index is 11.6. The van der Waals surface area contributed by atoms with Crippen molar-refractivity contribution in [1.29, 1.82) is 0 Å². The number of carbonyl (C=O) groups is 2. The molecule has 0 fully saturated rings. The van der Waals surface area contributed by atoms with Gasteiger partial charge in [-0.1, -0.05) is 0 Å². The van der Waals surface area contributed by atoms with E-state index in [0.717, 1.165) is 10.1 Å². The number of hydrogen-bond donors (Lipinski definition) is 0. The maximum atomic E-state index is 11.6. The van der Waals surface area contributed by atoms with Gasteiger partial charge in [0.25, 0.3) is 0 Å². The van der Waals surface area contributed by atoms with Gasteiger partial charge in [0.2, 0.25) is 6.79 Å². The van der Waals surface area contributed by atoms with Crippen molar-refractivity contribution in [2.45, 2.75) is 52.7 Å². The first-order chi connectivity index (χ1) is 9.32. The van der Waals surface area contributed by atoms with Crippen LogP contribution in [0.4, 0.5) is 9.59 Å². The molecule has 0 saturated heterocycles. The van der Waals surface area contributed by atoms with Crippen molar-refractivity contribution >= 4 is 12.2 Å². The lowest BCUT2D eigenvalue weighted by Gasteiger charge is -2.26. The van der Waals surface area contributed by atoms with E-state index in [0.29, 0.717) is 0 Å². The Morgan fingerprint density at radius 2 is 1.05 bits per heavy atom. The zero-order valence-electron chi connectivity index (χ0n) is 14.1. The fourth-order valence-electron chi connectivity index (χ4n) is 0.940. The molecule has 0 saturated carbocycles. The fourth-order valence-corrected chi connectivity index (χ4v) is 0.940. The van der Waals surface area contributed by atoms with Crippen molar-refractivity contribution < 1.29 is 28.7 Å². The molecule has 0 atom stereocenters. The number of carbonyl (C=O) groups excluding carboxylic acids is 2. The molecule has 8 heteroatoms. The van der Waals surface area contributed by atoms with Crippen molar-refractivity contribution in [3.63, 3.8) is 0 Å². The second kappa shape index (κ2) is 7.46. The first kappa shape index (κ1) is 19.5. The molecule has 0 aromatic rings. The zero-order valence-corrected chi connectivity index (χ0v) is 14.1. The van der Waals surface area contributed by atoms with E-state index in [9.17, 15) is 9.59 Å². The minimum absolute atomic E-state index is 0.342. The highest BCUT2D eigenvalue weighted by Gasteiger charge is 2.22. The Kier molecular flexibility index (Phi) is 6.92. The van der Waals surface area contributed by atoms with Crippen LogP contribution in [0, 0.1) is 0 Å². The van der Waals surface area contributed by atoms with Crippen molar-refractivity contribution in [2.24, 2.45) is 0 Å². The first-order valence-electron chi connectivity index (χ1n) is 6.51. The molecule has 0 N–H and O–H groups in total. The molecule has 2 amide bonds. The Hall–Kier alpha value is -1.54. The summed E-state index contributed by atoms with van der Waals surface area (Å²) in [5.41, 5.74) is -1.24. The topological polar surface area (TPSA) is 77.5 Å². The summed E-state index contributed by atoms with van der Waals surface area (Å²) < 4.78 is 10.1. The Labute approximate surface area is 125 Å². The molecule has 0 unspecified atom stereocenters. The van der Waals surface area contributed by atoms with E-state index in [2.05, 4.69) is 0 Å². The molecule has 0 aliphatic heterocycles. The van der Waals surface area contributed by atoms with Gasteiger partial charge in [0.1, 0.15) is 11.2 Å². The number of nitrogens with zero attached hydrogens (tertiary/aromatic N) is 2. The lowest BCUT2D eigenvalue weighted by Crippen LogP contribution is -2.37. The molecular weight excluding hydrogens is 280 g/mol. The van der Waals surface area contributed by atoms with Crippen LogP contribution < -0.4 is 0 Å². The quantitative estimate of drug-likeness (QED) is 0.587. The van der Waals surface area contributed by atoms with Gasteiger partial charge in [-0.25, -0.2) is 19.3 Å². The van der Waals surface area contributed by atoms with Crippen molar-refractivity contribution in [3.05, 3.63) is 0 Å². The molecule has 0 bridgehead atoms. The lowest BCUT2D eigenvalue weighted by molar-refractivity contribution is -0.261. The summed E-state index contributed by atoms with van der Waals surface area (Å²) in [6, 6.07) is 0. The number of ether oxygens (including phenoxy) is 2. The van der Waals surface area contributed by atoms with E-state index < -0.39 is 23.4 Å². The third-order valence-electron chi connectivity index (χ3n) is 1.79. The Morgan fingerprint density at radius 3 is 1.29 bits per heavy atom. The molecule has 8 nitrogen and oxygen atoms in total. The van der Waals surface area contributed by atoms with E-state index >= 15 is 0 Å². The zero-order chi connectivity index (χ0) is 16.8. The van der Waals surface area contributed by atoms with Gasteiger partial charge in [0, 0.05) is 14.1 Å². The van der Waals surface area contributed by atoms with Crippen LogP contribution in [0.5, 0.6) is 0 Å². The van der Waals surface area contributed by atoms with Gasteiger partial charge in [-0.05, 0) is 41.5 Å². The SMILES string of the molecule is CN(OCON(C)C(=O)OC(C)(C)C)C(=O)OC(C)(C)C. The lowest BCUT2D eigenvalue weighted by atomic mass is 10.2. The van der Waals surface area contributed by atoms with Crippen LogP contribution in [0.2, 0.25) is 0 Å². The molecule has 0 radical (unpaired) electrons. The molecule has 0 rings (SSSR count). The summed E-state index contributed by atoms with van der Waals surface area (Å²) in [5.74, 6) is 0. The normalized spacial score (nSPS) is 11.8. The average Bonchev–Trinajstić information content (AvgIpc) is 2.23. The van der Waals surface area contributed by atoms with E-state index in [1.54, 1.807) is 41.5 Å². The van der Waals surface area contributed by atoms with Crippen LogP contribution >= 0.6 is 0 Å². The monoisotopic (exact) mass is 306 g/mol. The van der Waals surface area contributed by atoms with Gasteiger partial charge >= 0.3 is 12.2 Å². The summed E-state index contributed by atoms with van der Waals surface area (Å²) in [7, 11) is 2.76. The Balaban J connectivity index is 4.08. The molecule has 0 aromatic carbocycles. The van der Waals surface area contributed by atoms with Crippen LogP contribution in [0.15, 0.2) is 0 Å². The minimum Gasteiger partial charge on any atom is -0.442 e. The highest BCUT2D eigenvalue weighted by Crippen LogP contribution is 2.10. The molecule has 0 aliphatic carbocycles. The van der Waals surface area contributed by atoms with Crippen LogP contribution in [0.3, 0.4) is 0 Å². The highest BCUT2D eigenvalue weighted by atomic mass is 16.9. The van der Waals surface area contributed by atoms with E-state index in [1.807, 2.05) is 0 Å². The van der Waals surface area contributed by atoms with Crippen molar-refractivity contribution in [3.8, 4) is 0 Å². The molecular formula is C13H26N2O6. The summed E-state index contributed by atoms with van der Waals surface area (Å²) in [4.78, 5) is 33.1. The first-order valence-corrected chi connectivity index (χ1v) is 6.51. The molecule has 0 spiro atoms. The standard InChI is InChI=1S/C13H26N2O6/c1-12(2,3)20-10(16)14(7)18-9-19-15(8)11(17)21-13(4,5)6/h9H2,1-8H3. The fraction of sp³-hybridized carbons (Fsp3) is 0.846. The second-order valence-electron chi connectivity index (χ2n) is 6.33. The van der Waals surface area contributed by atoms with E-state index in [1.165, 1.54) is 14.1 Å². The van der Waals surface area contributed by atoms with Gasteiger partial charge in [0.15, 0.2) is 0 Å². The number of hydroxylamine groups is 4. The van der Waals surface area contributed by atoms with Crippen molar-refractivity contribution in [2.75, 3.05) is 20.9 Å². The average molecular weight is 306 g/mol. The molecule has 21 heavy (non-hydrogen) atoms. The van der Waals surface area contributed by atoms with Gasteiger partial charge in [-0.3, -0.25) is 0 Å². The Morgan fingerprint density at radius 1 is 0.762 bits per heavy atom. The summed E-state index contributed by atoms with van der Waals surface area (Å²) in [6.45, 7) is 10.1. The predicted octanol–water partition coefficient (Wildman–Crippen LogP) is 2.54. The molecule has 0 aromatic heterocycles. The van der Waals surface area contributed by atoms with Gasteiger partial charge < -0.3 is 9.47 Å². The third kappa shape index (κ3) is 9.91. The molecule has 0 aliphatic rings. The summed E-state index contributed by atoms with van der Waals surface area (Å²) in [6.07, 6.45) is -1.32. The van der Waals surface area contributed by atoms with Crippen LogP contribution in [-0.2, 0) is 19.1 Å². The van der Waals surface area contributed by atoms with Crippen LogP contribution in [0.25, 0.3) is 0 Å². The predicted molar refractivity (Wildman–Crippen MR) is 75.0 cm³/mol. The van der Waals surface area contributed by atoms with Gasteiger partial charge in [-0.2, -0.15) is 10.1 Å². The number of amides is 2. The van der Waals surface area contributed by atoms with Crippen LogP contribution in [-0.4, -0.2) is 54.4 Å². The maximum Gasteiger partial charge on any atom is 0.434 e. The van der Waals surface area contributed by atoms with Crippen molar-refractivity contribution in [1.82, 2.24) is 10.1 Å². The van der Waals surface area contributed by atoms with E-state index in [-0.39, 0.29) is 6.79 Å². The number of hydrogen-bond acceptors (Lipinski definition) is 6. The molecule has 124 valence electrons. The van der Waals surface area contributed by atoms with Crippen LogP contribution in [0.1, 0.15) is 41.5 Å². The highest BCUT2D eigenvalue weighted by molar-refractivity contribution is 5.66. The smallest absolute Gasteiger partial charge is 0.434 e. The van der Waals surface area contributed by atoms with Gasteiger partial charge in [-0.15, -0.1) is 0 Å². The third-order valence-corrected chi connectivity index (χ3v) is 1.79. The van der Waals surface area contributed by atoms with Gasteiger partial charge in [0.05, 0.1) is 0 Å².